The van der Waals surface area contributed by atoms with Crippen molar-refractivity contribution in [3.05, 3.63) is 53.6 Å². The zero-order chi connectivity index (χ0) is 18.8. The van der Waals surface area contributed by atoms with Crippen LogP contribution in [0, 0.1) is 6.92 Å². The summed E-state index contributed by atoms with van der Waals surface area (Å²) >= 11 is 1.70. The van der Waals surface area contributed by atoms with E-state index in [1.54, 1.807) is 25.1 Å². The number of nitrogens with one attached hydrogen (secondary N) is 3. The van der Waals surface area contributed by atoms with Gasteiger partial charge in [0.2, 0.25) is 0 Å². The molecular formula is C16H25BrN5O3PS. The summed E-state index contributed by atoms with van der Waals surface area (Å²) in [6.07, 6.45) is 1.68. The number of benzene rings is 1. The number of aromatic nitrogens is 2. The first kappa shape index (κ1) is 23.7. The highest BCUT2D eigenvalue weighted by Gasteiger charge is 2.21. The lowest BCUT2D eigenvalue weighted by Gasteiger charge is -2.15. The van der Waals surface area contributed by atoms with Gasteiger partial charge in [-0.15, -0.1) is 17.0 Å². The molecular weight excluding hydrogens is 453 g/mol. The second-order valence-corrected chi connectivity index (χ2v) is 8.03. The monoisotopic (exact) mass is 477 g/mol. The number of guanidine groups is 1. The molecule has 0 aliphatic rings. The second-order valence-electron chi connectivity index (χ2n) is 5.40. The van der Waals surface area contributed by atoms with Gasteiger partial charge in [-0.25, -0.2) is 9.55 Å². The number of rotatable bonds is 9. The molecule has 2 aromatic rings. The number of hydrogen-bond acceptors (Lipinski definition) is 5. The molecule has 11 heteroatoms. The van der Waals surface area contributed by atoms with E-state index in [-0.39, 0.29) is 29.5 Å². The van der Waals surface area contributed by atoms with Crippen LogP contribution in [-0.2, 0) is 21.4 Å². The molecule has 0 aliphatic carbocycles. The summed E-state index contributed by atoms with van der Waals surface area (Å²) < 4.78 is 17.2. The number of nitrogens with zero attached hydrogens (tertiary/aromatic N) is 2. The average Bonchev–Trinajstić information content (AvgIpc) is 3.04. The van der Waals surface area contributed by atoms with Gasteiger partial charge in [-0.1, -0.05) is 30.3 Å². The predicted octanol–water partition coefficient (Wildman–Crippen LogP) is 3.01. The molecule has 1 aromatic carbocycles. The average molecular weight is 478 g/mol. The summed E-state index contributed by atoms with van der Waals surface area (Å²) in [7, 11) is -2.37. The SMILES string of the molecule is Br.CN/C(=N/CCSCc1nc[nH]c1C)NP(=O)(O)OCc1ccccc1. The minimum Gasteiger partial charge on any atom is -0.359 e. The highest BCUT2D eigenvalue weighted by atomic mass is 79.9. The zero-order valence-electron chi connectivity index (χ0n) is 15.2. The Bertz CT molecular complexity index is 760. The minimum absolute atomic E-state index is 0. The summed E-state index contributed by atoms with van der Waals surface area (Å²) in [5.41, 5.74) is 2.91. The molecule has 0 spiro atoms. The molecule has 1 unspecified atom stereocenters. The number of aliphatic imine (C=N–C) groups is 1. The number of imidazole rings is 1. The Balaban J connectivity index is 0.00000364. The van der Waals surface area contributed by atoms with Crippen LogP contribution in [0.25, 0.3) is 0 Å². The Morgan fingerprint density at radius 2 is 2.15 bits per heavy atom. The molecule has 0 amide bonds. The number of aromatic amines is 1. The molecule has 27 heavy (non-hydrogen) atoms. The number of aryl methyl sites for hydroxylation is 1. The number of H-pyrrole nitrogens is 1. The van der Waals surface area contributed by atoms with E-state index in [2.05, 4.69) is 25.4 Å². The molecule has 1 atom stereocenters. The Kier molecular flexibility index (Phi) is 10.7. The van der Waals surface area contributed by atoms with Gasteiger partial charge in [-0.3, -0.25) is 14.6 Å². The van der Waals surface area contributed by atoms with E-state index in [1.165, 1.54) is 0 Å². The van der Waals surface area contributed by atoms with Crippen molar-refractivity contribution >= 4 is 42.4 Å². The van der Waals surface area contributed by atoms with E-state index < -0.39 is 7.75 Å². The van der Waals surface area contributed by atoms with Crippen LogP contribution < -0.4 is 10.4 Å². The van der Waals surface area contributed by atoms with Crippen molar-refractivity contribution in [3.8, 4) is 0 Å². The first-order valence-corrected chi connectivity index (χ1v) is 10.8. The third-order valence-corrected chi connectivity index (χ3v) is 5.33. The number of thioether (sulfide) groups is 1. The Hall–Kier alpha value is -1.32. The summed E-state index contributed by atoms with van der Waals surface area (Å²) in [6, 6.07) is 9.21. The number of hydrogen-bond donors (Lipinski definition) is 4. The standard InChI is InChI=1S/C16H24N5O3PS.BrH/c1-13-15(20-12-19-13)11-26-9-8-18-16(17-2)21-25(22,23)24-10-14-6-4-3-5-7-14;/h3-7,12H,8-11H2,1-2H3,(H,19,20)(H3,17,18,21,22,23);1H. The molecule has 0 radical (unpaired) electrons. The van der Waals surface area contributed by atoms with Crippen molar-refractivity contribution in [1.82, 2.24) is 20.4 Å². The molecule has 2 rings (SSSR count). The normalized spacial score (nSPS) is 13.5. The quantitative estimate of drug-likeness (QED) is 0.190. The van der Waals surface area contributed by atoms with Crippen molar-refractivity contribution < 1.29 is 14.0 Å². The van der Waals surface area contributed by atoms with Crippen LogP contribution in [0.1, 0.15) is 17.0 Å². The van der Waals surface area contributed by atoms with Crippen LogP contribution in [-0.4, -0.2) is 40.2 Å². The van der Waals surface area contributed by atoms with Crippen LogP contribution in [0.4, 0.5) is 0 Å². The third kappa shape index (κ3) is 8.94. The molecule has 0 fully saturated rings. The van der Waals surface area contributed by atoms with Gasteiger partial charge in [0.05, 0.1) is 25.2 Å². The van der Waals surface area contributed by atoms with E-state index in [0.29, 0.717) is 6.54 Å². The van der Waals surface area contributed by atoms with Crippen molar-refractivity contribution in [3.63, 3.8) is 0 Å². The highest BCUT2D eigenvalue weighted by molar-refractivity contribution is 8.93. The maximum absolute atomic E-state index is 12.1. The largest absolute Gasteiger partial charge is 0.432 e. The van der Waals surface area contributed by atoms with Gasteiger partial charge >= 0.3 is 7.75 Å². The fraction of sp³-hybridized carbons (Fsp3) is 0.375. The molecule has 0 bridgehead atoms. The first-order valence-electron chi connectivity index (χ1n) is 8.08. The molecule has 1 heterocycles. The lowest BCUT2D eigenvalue weighted by atomic mass is 10.2. The van der Waals surface area contributed by atoms with Gasteiger partial charge in [0.15, 0.2) is 5.96 Å². The van der Waals surface area contributed by atoms with Crippen LogP contribution in [0.15, 0.2) is 41.7 Å². The summed E-state index contributed by atoms with van der Waals surface area (Å²) in [6.45, 7) is 2.52. The van der Waals surface area contributed by atoms with Crippen LogP contribution >= 0.6 is 36.5 Å². The predicted molar refractivity (Wildman–Crippen MR) is 115 cm³/mol. The Morgan fingerprint density at radius 1 is 1.41 bits per heavy atom. The first-order chi connectivity index (χ1) is 12.5. The number of halogens is 1. The van der Waals surface area contributed by atoms with Gasteiger partial charge in [0, 0.05) is 24.2 Å². The second kappa shape index (κ2) is 12.2. The molecule has 0 saturated heterocycles. The smallest absolute Gasteiger partial charge is 0.359 e. The minimum atomic E-state index is -4.00. The highest BCUT2D eigenvalue weighted by Crippen LogP contribution is 2.37. The van der Waals surface area contributed by atoms with Crippen molar-refractivity contribution in [2.45, 2.75) is 19.3 Å². The van der Waals surface area contributed by atoms with Gasteiger partial charge in [0.25, 0.3) is 0 Å². The van der Waals surface area contributed by atoms with Crippen LogP contribution in [0.2, 0.25) is 0 Å². The molecule has 8 nitrogen and oxygen atoms in total. The molecule has 4 N–H and O–H groups in total. The van der Waals surface area contributed by atoms with E-state index in [1.807, 2.05) is 37.3 Å². The van der Waals surface area contributed by atoms with Crippen LogP contribution in [0.5, 0.6) is 0 Å². The topological polar surface area (TPSA) is 112 Å². The molecule has 1 aromatic heterocycles. The Morgan fingerprint density at radius 3 is 2.78 bits per heavy atom. The fourth-order valence-corrected chi connectivity index (χ4v) is 3.68. The molecule has 150 valence electrons. The van der Waals surface area contributed by atoms with E-state index in [4.69, 9.17) is 4.52 Å². The van der Waals surface area contributed by atoms with Gasteiger partial charge < -0.3 is 15.2 Å². The van der Waals surface area contributed by atoms with Gasteiger partial charge in [0.1, 0.15) is 0 Å². The van der Waals surface area contributed by atoms with Crippen molar-refractivity contribution in [1.29, 1.82) is 0 Å². The van der Waals surface area contributed by atoms with E-state index in [0.717, 1.165) is 28.5 Å². The lowest BCUT2D eigenvalue weighted by molar-refractivity contribution is 0.246. The zero-order valence-corrected chi connectivity index (χ0v) is 18.6. The summed E-state index contributed by atoms with van der Waals surface area (Å²) in [4.78, 5) is 21.5. The maximum Gasteiger partial charge on any atom is 0.432 e. The fourth-order valence-electron chi connectivity index (χ4n) is 2.00. The maximum atomic E-state index is 12.1. The van der Waals surface area contributed by atoms with Crippen LogP contribution in [0.3, 0.4) is 0 Å². The Labute approximate surface area is 174 Å². The molecule has 0 saturated carbocycles. The molecule has 0 aliphatic heterocycles. The lowest BCUT2D eigenvalue weighted by Crippen LogP contribution is -2.33. The van der Waals surface area contributed by atoms with E-state index >= 15 is 0 Å². The van der Waals surface area contributed by atoms with Gasteiger partial charge in [-0.05, 0) is 12.5 Å². The summed E-state index contributed by atoms with van der Waals surface area (Å²) in [5, 5.41) is 5.20. The van der Waals surface area contributed by atoms with Crippen molar-refractivity contribution in [2.75, 3.05) is 19.3 Å². The third-order valence-electron chi connectivity index (χ3n) is 3.41. The summed E-state index contributed by atoms with van der Waals surface area (Å²) in [5.74, 6) is 1.78. The van der Waals surface area contributed by atoms with Crippen molar-refractivity contribution in [2.24, 2.45) is 4.99 Å². The van der Waals surface area contributed by atoms with Gasteiger partial charge in [-0.2, -0.15) is 11.8 Å². The van der Waals surface area contributed by atoms with E-state index in [9.17, 15) is 9.46 Å².